The van der Waals surface area contributed by atoms with Gasteiger partial charge in [0, 0.05) is 24.0 Å². The molecule has 0 aliphatic rings. The lowest BCUT2D eigenvalue weighted by molar-refractivity contribution is -0.120. The predicted molar refractivity (Wildman–Crippen MR) is 87.2 cm³/mol. The Balaban J connectivity index is 1.64. The summed E-state index contributed by atoms with van der Waals surface area (Å²) in [5.74, 6) is -0.102. The molecule has 0 spiro atoms. The second kappa shape index (κ2) is 6.38. The molecule has 22 heavy (non-hydrogen) atoms. The van der Waals surface area contributed by atoms with E-state index in [-0.39, 0.29) is 12.3 Å². The fourth-order valence-corrected chi connectivity index (χ4v) is 2.54. The van der Waals surface area contributed by atoms with Crippen molar-refractivity contribution in [1.82, 2.24) is 14.7 Å². The Morgan fingerprint density at radius 2 is 1.95 bits per heavy atom. The van der Waals surface area contributed by atoms with Crippen molar-refractivity contribution < 1.29 is 4.79 Å². The van der Waals surface area contributed by atoms with Gasteiger partial charge in [0.1, 0.15) is 5.65 Å². The number of hydrogen-bond donors (Lipinski definition) is 1. The van der Waals surface area contributed by atoms with E-state index >= 15 is 0 Å². The third kappa shape index (κ3) is 3.40. The molecular formula is C16H13Cl2N3O. The molecule has 0 aliphatic carbocycles. The highest BCUT2D eigenvalue weighted by atomic mass is 35.5. The number of benzene rings is 1. The Morgan fingerprint density at radius 1 is 1.14 bits per heavy atom. The van der Waals surface area contributed by atoms with Crippen molar-refractivity contribution in [2.45, 2.75) is 13.0 Å². The zero-order valence-corrected chi connectivity index (χ0v) is 13.1. The van der Waals surface area contributed by atoms with Crippen LogP contribution < -0.4 is 5.32 Å². The highest BCUT2D eigenvalue weighted by Gasteiger charge is 2.08. The number of nitrogens with zero attached hydrogens (tertiary/aromatic N) is 2. The molecule has 1 aromatic carbocycles. The van der Waals surface area contributed by atoms with E-state index in [1.54, 1.807) is 28.9 Å². The molecule has 4 nitrogen and oxygen atoms in total. The molecule has 3 aromatic rings. The lowest BCUT2D eigenvalue weighted by atomic mass is 10.2. The Hall–Kier alpha value is -2.04. The van der Waals surface area contributed by atoms with Crippen molar-refractivity contribution >= 4 is 34.8 Å². The zero-order chi connectivity index (χ0) is 15.5. The molecule has 0 atom stereocenters. The number of hydrogen-bond acceptors (Lipinski definition) is 2. The summed E-state index contributed by atoms with van der Waals surface area (Å²) >= 11 is 12.0. The van der Waals surface area contributed by atoms with E-state index in [1.165, 1.54) is 0 Å². The molecule has 2 aromatic heterocycles. The molecule has 112 valence electrons. The number of imidazole rings is 1. The number of halogens is 2. The van der Waals surface area contributed by atoms with Gasteiger partial charge in [0.25, 0.3) is 0 Å². The van der Waals surface area contributed by atoms with Crippen LogP contribution in [0.4, 0.5) is 0 Å². The van der Waals surface area contributed by atoms with Crippen molar-refractivity contribution in [3.8, 4) is 0 Å². The minimum absolute atomic E-state index is 0.102. The molecular weight excluding hydrogens is 321 g/mol. The fraction of sp³-hybridized carbons (Fsp3) is 0.125. The molecule has 0 aliphatic heterocycles. The Morgan fingerprint density at radius 3 is 2.77 bits per heavy atom. The van der Waals surface area contributed by atoms with Gasteiger partial charge in [-0.3, -0.25) is 4.79 Å². The van der Waals surface area contributed by atoms with Crippen molar-refractivity contribution in [2.24, 2.45) is 0 Å². The van der Waals surface area contributed by atoms with Crippen LogP contribution in [0.3, 0.4) is 0 Å². The average molecular weight is 334 g/mol. The van der Waals surface area contributed by atoms with Crippen LogP contribution in [0.15, 0.2) is 48.8 Å². The van der Waals surface area contributed by atoms with Gasteiger partial charge in [-0.05, 0) is 23.8 Å². The number of pyridine rings is 1. The first-order chi connectivity index (χ1) is 10.6. The Labute approximate surface area is 137 Å². The minimum Gasteiger partial charge on any atom is -0.352 e. The molecule has 0 saturated heterocycles. The summed E-state index contributed by atoms with van der Waals surface area (Å²) in [5.41, 5.74) is 2.34. The number of carbonyl (C=O) groups is 1. The van der Waals surface area contributed by atoms with E-state index in [2.05, 4.69) is 10.3 Å². The Bertz CT molecular complexity index is 829. The monoisotopic (exact) mass is 333 g/mol. The van der Waals surface area contributed by atoms with Crippen LogP contribution >= 0.6 is 23.2 Å². The number of rotatable bonds is 4. The maximum absolute atomic E-state index is 12.0. The molecule has 1 amide bonds. The normalized spacial score (nSPS) is 10.8. The molecule has 0 radical (unpaired) electrons. The molecule has 0 unspecified atom stereocenters. The van der Waals surface area contributed by atoms with Crippen molar-refractivity contribution in [3.05, 3.63) is 70.1 Å². The smallest absolute Gasteiger partial charge is 0.226 e. The second-order valence-corrected chi connectivity index (χ2v) is 5.73. The first kappa shape index (κ1) is 14.9. The van der Waals surface area contributed by atoms with Crippen LogP contribution in [0.5, 0.6) is 0 Å². The quantitative estimate of drug-likeness (QED) is 0.794. The summed E-state index contributed by atoms with van der Waals surface area (Å²) in [6.07, 6.45) is 3.77. The van der Waals surface area contributed by atoms with Gasteiger partial charge in [-0.15, -0.1) is 0 Å². The zero-order valence-electron chi connectivity index (χ0n) is 11.6. The lowest BCUT2D eigenvalue weighted by Gasteiger charge is -2.05. The fourth-order valence-electron chi connectivity index (χ4n) is 2.16. The number of aromatic nitrogens is 2. The molecule has 0 fully saturated rings. The van der Waals surface area contributed by atoms with Gasteiger partial charge in [-0.1, -0.05) is 41.4 Å². The van der Waals surface area contributed by atoms with Crippen molar-refractivity contribution in [3.63, 3.8) is 0 Å². The van der Waals surface area contributed by atoms with Gasteiger partial charge < -0.3 is 9.72 Å². The third-order valence-electron chi connectivity index (χ3n) is 3.24. The van der Waals surface area contributed by atoms with Crippen LogP contribution in [0, 0.1) is 0 Å². The Kier molecular flexibility index (Phi) is 4.32. The molecule has 0 bridgehead atoms. The standard InChI is InChI=1S/C16H13Cl2N3O/c17-12-5-6-15-20-13(10-21(15)9-12)7-16(22)19-8-11-3-1-2-4-14(11)18/h1-6,9-10H,7-8H2,(H,19,22). The maximum atomic E-state index is 12.0. The number of carbonyl (C=O) groups excluding carboxylic acids is 1. The molecule has 3 rings (SSSR count). The first-order valence-corrected chi connectivity index (χ1v) is 7.50. The first-order valence-electron chi connectivity index (χ1n) is 6.75. The number of nitrogens with one attached hydrogen (secondary N) is 1. The van der Waals surface area contributed by atoms with Crippen molar-refractivity contribution in [1.29, 1.82) is 0 Å². The summed E-state index contributed by atoms with van der Waals surface area (Å²) in [6, 6.07) is 11.0. The largest absolute Gasteiger partial charge is 0.352 e. The highest BCUT2D eigenvalue weighted by molar-refractivity contribution is 6.31. The molecule has 6 heteroatoms. The van der Waals surface area contributed by atoms with E-state index < -0.39 is 0 Å². The number of amides is 1. The van der Waals surface area contributed by atoms with Crippen LogP contribution in [0.2, 0.25) is 10.0 Å². The predicted octanol–water partition coefficient (Wildman–Crippen LogP) is 3.50. The van der Waals surface area contributed by atoms with Gasteiger partial charge in [0.15, 0.2) is 0 Å². The van der Waals surface area contributed by atoms with Gasteiger partial charge in [0.2, 0.25) is 5.91 Å². The second-order valence-electron chi connectivity index (χ2n) is 4.89. The highest BCUT2D eigenvalue weighted by Crippen LogP contribution is 2.15. The maximum Gasteiger partial charge on any atom is 0.226 e. The summed E-state index contributed by atoms with van der Waals surface area (Å²) in [5, 5.41) is 4.11. The molecule has 1 N–H and O–H groups in total. The van der Waals surface area contributed by atoms with Gasteiger partial charge in [-0.25, -0.2) is 4.98 Å². The minimum atomic E-state index is -0.102. The van der Waals surface area contributed by atoms with Gasteiger partial charge in [-0.2, -0.15) is 0 Å². The third-order valence-corrected chi connectivity index (χ3v) is 3.83. The van der Waals surface area contributed by atoms with E-state index in [0.717, 1.165) is 11.2 Å². The van der Waals surface area contributed by atoms with Crippen molar-refractivity contribution in [2.75, 3.05) is 0 Å². The van der Waals surface area contributed by atoms with Crippen LogP contribution in [0.25, 0.3) is 5.65 Å². The summed E-state index contributed by atoms with van der Waals surface area (Å²) in [7, 11) is 0. The van der Waals surface area contributed by atoms with E-state index in [4.69, 9.17) is 23.2 Å². The van der Waals surface area contributed by atoms with Crippen LogP contribution in [-0.2, 0) is 17.8 Å². The van der Waals surface area contributed by atoms with E-state index in [9.17, 15) is 4.79 Å². The van der Waals surface area contributed by atoms with E-state index in [0.29, 0.717) is 22.3 Å². The molecule has 2 heterocycles. The SMILES string of the molecule is O=C(Cc1cn2cc(Cl)ccc2n1)NCc1ccccc1Cl. The van der Waals surface area contributed by atoms with Crippen LogP contribution in [-0.4, -0.2) is 15.3 Å². The van der Waals surface area contributed by atoms with Crippen LogP contribution in [0.1, 0.15) is 11.3 Å². The summed E-state index contributed by atoms with van der Waals surface area (Å²) in [6.45, 7) is 0.401. The lowest BCUT2D eigenvalue weighted by Crippen LogP contribution is -2.24. The number of fused-ring (bicyclic) bond motifs is 1. The molecule has 0 saturated carbocycles. The topological polar surface area (TPSA) is 46.4 Å². The average Bonchev–Trinajstić information content (AvgIpc) is 2.87. The van der Waals surface area contributed by atoms with E-state index in [1.807, 2.05) is 24.3 Å². The van der Waals surface area contributed by atoms with Gasteiger partial charge >= 0.3 is 0 Å². The van der Waals surface area contributed by atoms with Gasteiger partial charge in [0.05, 0.1) is 17.1 Å². The summed E-state index contributed by atoms with van der Waals surface area (Å²) in [4.78, 5) is 16.4. The summed E-state index contributed by atoms with van der Waals surface area (Å²) < 4.78 is 1.80.